The second kappa shape index (κ2) is 6.97. The van der Waals surface area contributed by atoms with Crippen LogP contribution < -0.4 is 0 Å². The van der Waals surface area contributed by atoms with Crippen LogP contribution in [0.2, 0.25) is 0 Å². The van der Waals surface area contributed by atoms with Crippen LogP contribution in [0, 0.1) is 0 Å². The lowest BCUT2D eigenvalue weighted by Gasteiger charge is -2.08. The van der Waals surface area contributed by atoms with Gasteiger partial charge in [-0.2, -0.15) is 16.9 Å². The first-order valence-electron chi connectivity index (χ1n) is 5.93. The van der Waals surface area contributed by atoms with Crippen LogP contribution in [-0.4, -0.2) is 32.5 Å². The summed E-state index contributed by atoms with van der Waals surface area (Å²) in [7, 11) is 0. The average Bonchev–Trinajstić information content (AvgIpc) is 2.66. The Hall–Kier alpha value is -0.480. The van der Waals surface area contributed by atoms with Crippen LogP contribution in [0.1, 0.15) is 38.9 Å². The van der Waals surface area contributed by atoms with Gasteiger partial charge in [0.25, 0.3) is 0 Å². The summed E-state index contributed by atoms with van der Waals surface area (Å²) in [5, 5.41) is 14.2. The van der Waals surface area contributed by atoms with Gasteiger partial charge in [0, 0.05) is 18.7 Å². The van der Waals surface area contributed by atoms with Gasteiger partial charge in [-0.15, -0.1) is 0 Å². The van der Waals surface area contributed by atoms with Gasteiger partial charge < -0.3 is 5.11 Å². The number of hydrogen-bond donors (Lipinski definition) is 1. The molecule has 0 saturated carbocycles. The first kappa shape index (κ1) is 13.6. The minimum Gasteiger partial charge on any atom is -0.393 e. The molecule has 0 spiro atoms. The zero-order valence-corrected chi connectivity index (χ0v) is 11.2. The summed E-state index contributed by atoms with van der Waals surface area (Å²) in [6.45, 7) is 6.34. The molecule has 1 N–H and O–H groups in total. The van der Waals surface area contributed by atoms with Gasteiger partial charge in [0.05, 0.1) is 11.8 Å². The monoisotopic (exact) mass is 242 g/mol. The zero-order valence-electron chi connectivity index (χ0n) is 10.4. The van der Waals surface area contributed by atoms with Crippen LogP contribution in [0.25, 0.3) is 0 Å². The lowest BCUT2D eigenvalue weighted by Crippen LogP contribution is -2.12. The summed E-state index contributed by atoms with van der Waals surface area (Å²) in [6, 6.07) is 2.39. The van der Waals surface area contributed by atoms with E-state index in [4.69, 9.17) is 0 Å². The molecule has 1 rings (SSSR count). The van der Waals surface area contributed by atoms with Crippen molar-refractivity contribution in [3.05, 3.63) is 18.0 Å². The number of nitrogens with zero attached hydrogens (tertiary/aromatic N) is 2. The fourth-order valence-electron chi connectivity index (χ4n) is 1.48. The first-order chi connectivity index (χ1) is 7.63. The highest BCUT2D eigenvalue weighted by Crippen LogP contribution is 2.10. The van der Waals surface area contributed by atoms with Crippen molar-refractivity contribution in [3.8, 4) is 0 Å². The predicted molar refractivity (Wildman–Crippen MR) is 69.9 cm³/mol. The minimum absolute atomic E-state index is 0.255. The molecule has 0 saturated heterocycles. The number of hydrogen-bond acceptors (Lipinski definition) is 3. The van der Waals surface area contributed by atoms with E-state index in [1.807, 2.05) is 28.7 Å². The Morgan fingerprint density at radius 1 is 1.50 bits per heavy atom. The smallest absolute Gasteiger partial charge is 0.0650 e. The maximum atomic E-state index is 9.81. The highest BCUT2D eigenvalue weighted by atomic mass is 32.2. The van der Waals surface area contributed by atoms with Gasteiger partial charge in [-0.05, 0) is 37.8 Å². The lowest BCUT2D eigenvalue weighted by atomic mass is 10.1. The third kappa shape index (κ3) is 4.58. The van der Waals surface area contributed by atoms with Crippen molar-refractivity contribution in [2.45, 2.75) is 45.8 Å². The summed E-state index contributed by atoms with van der Waals surface area (Å²) >= 11 is 1.87. The van der Waals surface area contributed by atoms with Crippen LogP contribution in [0.4, 0.5) is 0 Å². The van der Waals surface area contributed by atoms with Gasteiger partial charge >= 0.3 is 0 Å². The van der Waals surface area contributed by atoms with Crippen LogP contribution >= 0.6 is 11.8 Å². The Bertz CT molecular complexity index is 299. The second-order valence-corrected chi connectivity index (χ2v) is 5.62. The van der Waals surface area contributed by atoms with Crippen molar-refractivity contribution >= 4 is 11.8 Å². The Morgan fingerprint density at radius 2 is 2.25 bits per heavy atom. The Balaban J connectivity index is 2.34. The van der Waals surface area contributed by atoms with Crippen molar-refractivity contribution in [2.75, 3.05) is 11.5 Å². The highest BCUT2D eigenvalue weighted by molar-refractivity contribution is 7.99. The number of rotatable bonds is 7. The van der Waals surface area contributed by atoms with Crippen molar-refractivity contribution < 1.29 is 5.11 Å². The van der Waals surface area contributed by atoms with E-state index in [1.165, 1.54) is 0 Å². The molecule has 0 aromatic carbocycles. The van der Waals surface area contributed by atoms with E-state index in [0.717, 1.165) is 23.6 Å². The molecule has 0 radical (unpaired) electrons. The molecule has 3 nitrogen and oxygen atoms in total. The third-order valence-corrected chi connectivity index (χ3v) is 3.37. The molecule has 0 aliphatic carbocycles. The van der Waals surface area contributed by atoms with E-state index in [0.29, 0.717) is 12.5 Å². The molecule has 1 heterocycles. The molecule has 0 fully saturated rings. The maximum absolute atomic E-state index is 9.81. The Morgan fingerprint density at radius 3 is 2.81 bits per heavy atom. The number of aliphatic hydroxyl groups excluding tert-OH is 1. The lowest BCUT2D eigenvalue weighted by molar-refractivity contribution is 0.170. The van der Waals surface area contributed by atoms with Gasteiger partial charge in [-0.3, -0.25) is 4.68 Å². The maximum Gasteiger partial charge on any atom is 0.0650 e. The zero-order chi connectivity index (χ0) is 12.0. The van der Waals surface area contributed by atoms with E-state index in [9.17, 15) is 5.11 Å². The Labute approximate surface area is 102 Å². The molecule has 0 amide bonds. The normalized spacial score (nSPS) is 13.3. The van der Waals surface area contributed by atoms with Crippen LogP contribution in [0.15, 0.2) is 12.3 Å². The fourth-order valence-corrected chi connectivity index (χ4v) is 2.21. The minimum atomic E-state index is -0.255. The molecule has 92 valence electrons. The first-order valence-corrected chi connectivity index (χ1v) is 7.08. The number of aliphatic hydroxyl groups is 1. The van der Waals surface area contributed by atoms with Gasteiger partial charge in [0.2, 0.25) is 0 Å². The highest BCUT2D eigenvalue weighted by Gasteiger charge is 2.08. The summed E-state index contributed by atoms with van der Waals surface area (Å²) < 4.78 is 1.93. The molecule has 1 unspecified atom stereocenters. The summed E-state index contributed by atoms with van der Waals surface area (Å²) in [6.07, 6.45) is 3.25. The molecule has 4 heteroatoms. The predicted octanol–water partition coefficient (Wildman–Crippen LogP) is 2.51. The standard InChI is InChI=1S/C12H22N2OS/c1-4-16-8-6-12(15)9-11-5-7-14(13-11)10(2)3/h5,7,10,12,15H,4,6,8-9H2,1-3H3. The fraction of sp³-hybridized carbons (Fsp3) is 0.750. The molecule has 0 bridgehead atoms. The summed E-state index contributed by atoms with van der Waals surface area (Å²) in [5.41, 5.74) is 0.989. The number of aromatic nitrogens is 2. The molecule has 16 heavy (non-hydrogen) atoms. The van der Waals surface area contributed by atoms with E-state index < -0.39 is 0 Å². The summed E-state index contributed by atoms with van der Waals surface area (Å²) in [5.74, 6) is 2.15. The van der Waals surface area contributed by atoms with E-state index >= 15 is 0 Å². The van der Waals surface area contributed by atoms with Gasteiger partial charge in [-0.25, -0.2) is 0 Å². The van der Waals surface area contributed by atoms with Gasteiger partial charge in [0.15, 0.2) is 0 Å². The molecular formula is C12H22N2OS. The van der Waals surface area contributed by atoms with Crippen LogP contribution in [0.5, 0.6) is 0 Å². The number of thioether (sulfide) groups is 1. The van der Waals surface area contributed by atoms with Crippen molar-refractivity contribution in [1.82, 2.24) is 9.78 Å². The SMILES string of the molecule is CCSCCC(O)Cc1ccn(C(C)C)n1. The van der Waals surface area contributed by atoms with E-state index in [2.05, 4.69) is 25.9 Å². The Kier molecular flexibility index (Phi) is 5.91. The van der Waals surface area contributed by atoms with E-state index in [1.54, 1.807) is 0 Å². The van der Waals surface area contributed by atoms with Crippen molar-refractivity contribution in [1.29, 1.82) is 0 Å². The topological polar surface area (TPSA) is 38.0 Å². The largest absolute Gasteiger partial charge is 0.393 e. The molecule has 1 aromatic heterocycles. The molecular weight excluding hydrogens is 220 g/mol. The van der Waals surface area contributed by atoms with E-state index in [-0.39, 0.29) is 6.10 Å². The molecule has 1 atom stereocenters. The van der Waals surface area contributed by atoms with Gasteiger partial charge in [-0.1, -0.05) is 6.92 Å². The quantitative estimate of drug-likeness (QED) is 0.747. The second-order valence-electron chi connectivity index (χ2n) is 4.22. The van der Waals surface area contributed by atoms with Crippen molar-refractivity contribution in [2.24, 2.45) is 0 Å². The third-order valence-electron chi connectivity index (χ3n) is 2.44. The molecule has 0 aliphatic rings. The average molecular weight is 242 g/mol. The van der Waals surface area contributed by atoms with Crippen LogP contribution in [0.3, 0.4) is 0 Å². The molecule has 0 aliphatic heterocycles. The van der Waals surface area contributed by atoms with Crippen LogP contribution in [-0.2, 0) is 6.42 Å². The van der Waals surface area contributed by atoms with Crippen molar-refractivity contribution in [3.63, 3.8) is 0 Å². The van der Waals surface area contributed by atoms with Gasteiger partial charge in [0.1, 0.15) is 0 Å². The summed E-state index contributed by atoms with van der Waals surface area (Å²) in [4.78, 5) is 0. The molecule has 1 aromatic rings.